The second kappa shape index (κ2) is 10.4. The molecule has 0 aliphatic carbocycles. The zero-order valence-electron chi connectivity index (χ0n) is 16.4. The number of ether oxygens (including phenoxy) is 1. The number of hydrogen-bond acceptors (Lipinski definition) is 6. The SMILES string of the molecule is CC(=O)Nc1ccc(NC(=O)C(=O)NN=C(C)c2ccc(OCC(N)=O)cc2)cc1. The summed E-state index contributed by atoms with van der Waals surface area (Å²) in [6.45, 7) is 2.81. The summed E-state index contributed by atoms with van der Waals surface area (Å²) in [6, 6.07) is 12.9. The second-order valence-corrected chi connectivity index (χ2v) is 6.13. The van der Waals surface area contributed by atoms with Gasteiger partial charge in [-0.15, -0.1) is 0 Å². The summed E-state index contributed by atoms with van der Waals surface area (Å²) in [5.74, 6) is -2.18. The lowest BCUT2D eigenvalue weighted by Gasteiger charge is -2.07. The van der Waals surface area contributed by atoms with Crippen LogP contribution in [-0.4, -0.2) is 35.9 Å². The molecule has 10 heteroatoms. The molecule has 0 fully saturated rings. The predicted octanol–water partition coefficient (Wildman–Crippen LogP) is 0.988. The quantitative estimate of drug-likeness (QED) is 0.304. The van der Waals surface area contributed by atoms with Gasteiger partial charge in [0.05, 0.1) is 5.71 Å². The van der Waals surface area contributed by atoms with Crippen molar-refractivity contribution in [2.24, 2.45) is 10.8 Å². The Balaban J connectivity index is 1.89. The van der Waals surface area contributed by atoms with E-state index in [0.29, 0.717) is 28.4 Å². The molecule has 0 aromatic heterocycles. The highest BCUT2D eigenvalue weighted by molar-refractivity contribution is 6.39. The fraction of sp³-hybridized carbons (Fsp3) is 0.150. The molecule has 156 valence electrons. The highest BCUT2D eigenvalue weighted by Crippen LogP contribution is 2.14. The molecule has 2 aromatic carbocycles. The minimum absolute atomic E-state index is 0.216. The van der Waals surface area contributed by atoms with Gasteiger partial charge in [0.1, 0.15) is 5.75 Å². The highest BCUT2D eigenvalue weighted by Gasteiger charge is 2.13. The van der Waals surface area contributed by atoms with Gasteiger partial charge in [0.2, 0.25) is 5.91 Å². The Kier molecular flexibility index (Phi) is 7.63. The maximum absolute atomic E-state index is 12.0. The number of anilines is 2. The van der Waals surface area contributed by atoms with Gasteiger partial charge in [-0.1, -0.05) is 0 Å². The smallest absolute Gasteiger partial charge is 0.329 e. The lowest BCUT2D eigenvalue weighted by atomic mass is 10.1. The third kappa shape index (κ3) is 7.08. The highest BCUT2D eigenvalue weighted by atomic mass is 16.5. The molecular formula is C20H21N5O5. The summed E-state index contributed by atoms with van der Waals surface area (Å²) < 4.78 is 5.16. The Morgan fingerprint density at radius 3 is 1.97 bits per heavy atom. The number of amides is 4. The normalized spacial score (nSPS) is 10.7. The Bertz CT molecular complexity index is 968. The van der Waals surface area contributed by atoms with Gasteiger partial charge in [0.25, 0.3) is 5.91 Å². The van der Waals surface area contributed by atoms with Crippen LogP contribution in [0.1, 0.15) is 19.4 Å². The molecule has 0 saturated carbocycles. The molecule has 0 spiro atoms. The number of carbonyl (C=O) groups excluding carboxylic acids is 4. The topological polar surface area (TPSA) is 152 Å². The first-order valence-corrected chi connectivity index (χ1v) is 8.79. The van der Waals surface area contributed by atoms with E-state index in [9.17, 15) is 19.2 Å². The largest absolute Gasteiger partial charge is 0.484 e. The summed E-state index contributed by atoms with van der Waals surface area (Å²) in [5, 5.41) is 8.93. The number of nitrogens with one attached hydrogen (secondary N) is 3. The van der Waals surface area contributed by atoms with Gasteiger partial charge in [-0.25, -0.2) is 5.43 Å². The number of primary amides is 1. The van der Waals surface area contributed by atoms with E-state index in [1.807, 2.05) is 0 Å². The number of carbonyl (C=O) groups is 4. The Morgan fingerprint density at radius 1 is 0.867 bits per heavy atom. The summed E-state index contributed by atoms with van der Waals surface area (Å²) in [7, 11) is 0. The Labute approximate surface area is 172 Å². The summed E-state index contributed by atoms with van der Waals surface area (Å²) in [4.78, 5) is 45.6. The average Bonchev–Trinajstić information content (AvgIpc) is 2.71. The number of hydrogen-bond donors (Lipinski definition) is 4. The van der Waals surface area contributed by atoms with Gasteiger partial charge in [-0.05, 0) is 61.0 Å². The van der Waals surface area contributed by atoms with Crippen molar-refractivity contribution in [2.75, 3.05) is 17.2 Å². The number of benzene rings is 2. The van der Waals surface area contributed by atoms with Crippen molar-refractivity contribution in [1.82, 2.24) is 5.43 Å². The van der Waals surface area contributed by atoms with E-state index in [2.05, 4.69) is 21.2 Å². The second-order valence-electron chi connectivity index (χ2n) is 6.13. The van der Waals surface area contributed by atoms with E-state index in [0.717, 1.165) is 0 Å². The Morgan fingerprint density at radius 2 is 1.43 bits per heavy atom. The lowest BCUT2D eigenvalue weighted by Crippen LogP contribution is -2.32. The summed E-state index contributed by atoms with van der Waals surface area (Å²) in [6.07, 6.45) is 0. The maximum Gasteiger partial charge on any atom is 0.329 e. The first kappa shape index (κ1) is 22.1. The van der Waals surface area contributed by atoms with Crippen LogP contribution in [0.3, 0.4) is 0 Å². The van der Waals surface area contributed by atoms with Crippen molar-refractivity contribution in [2.45, 2.75) is 13.8 Å². The molecule has 10 nitrogen and oxygen atoms in total. The van der Waals surface area contributed by atoms with Gasteiger partial charge in [-0.3, -0.25) is 19.2 Å². The van der Waals surface area contributed by atoms with Crippen molar-refractivity contribution < 1.29 is 23.9 Å². The van der Waals surface area contributed by atoms with Gasteiger partial charge >= 0.3 is 11.8 Å². The zero-order valence-corrected chi connectivity index (χ0v) is 16.4. The van der Waals surface area contributed by atoms with Crippen LogP contribution in [-0.2, 0) is 19.2 Å². The van der Waals surface area contributed by atoms with E-state index in [-0.39, 0.29) is 12.5 Å². The number of nitrogens with zero attached hydrogens (tertiary/aromatic N) is 1. The summed E-state index contributed by atoms with van der Waals surface area (Å²) >= 11 is 0. The van der Waals surface area contributed by atoms with Crippen LogP contribution >= 0.6 is 0 Å². The molecule has 0 heterocycles. The standard InChI is InChI=1S/C20H21N5O5/c1-12(14-3-9-17(10-4-14)30-11-18(21)27)24-25-20(29)19(28)23-16-7-5-15(6-8-16)22-13(2)26/h3-10H,11H2,1-2H3,(H2,21,27)(H,22,26)(H,23,28)(H,25,29). The van der Waals surface area contributed by atoms with Crippen LogP contribution in [0, 0.1) is 0 Å². The van der Waals surface area contributed by atoms with E-state index < -0.39 is 17.7 Å². The van der Waals surface area contributed by atoms with Gasteiger partial charge in [0.15, 0.2) is 6.61 Å². The third-order valence-corrected chi connectivity index (χ3v) is 3.65. The number of nitrogens with two attached hydrogens (primary N) is 1. The fourth-order valence-corrected chi connectivity index (χ4v) is 2.22. The van der Waals surface area contributed by atoms with Crippen molar-refractivity contribution >= 4 is 40.7 Å². The van der Waals surface area contributed by atoms with E-state index >= 15 is 0 Å². The molecule has 0 aliphatic heterocycles. The third-order valence-electron chi connectivity index (χ3n) is 3.65. The molecule has 0 saturated heterocycles. The van der Waals surface area contributed by atoms with Crippen molar-refractivity contribution in [1.29, 1.82) is 0 Å². The van der Waals surface area contributed by atoms with Crippen LogP contribution in [0.25, 0.3) is 0 Å². The predicted molar refractivity (Wildman–Crippen MR) is 111 cm³/mol. The lowest BCUT2D eigenvalue weighted by molar-refractivity contribution is -0.136. The molecule has 30 heavy (non-hydrogen) atoms. The molecule has 2 rings (SSSR count). The van der Waals surface area contributed by atoms with Crippen LogP contribution < -0.4 is 26.5 Å². The van der Waals surface area contributed by atoms with Crippen LogP contribution in [0.5, 0.6) is 5.75 Å². The molecule has 0 bridgehead atoms. The monoisotopic (exact) mass is 411 g/mol. The van der Waals surface area contributed by atoms with E-state index in [1.54, 1.807) is 55.5 Å². The first-order chi connectivity index (χ1) is 14.2. The zero-order chi connectivity index (χ0) is 22.1. The molecular weight excluding hydrogens is 390 g/mol. The first-order valence-electron chi connectivity index (χ1n) is 8.79. The molecule has 0 atom stereocenters. The maximum atomic E-state index is 12.0. The fourth-order valence-electron chi connectivity index (χ4n) is 2.22. The molecule has 0 unspecified atom stereocenters. The van der Waals surface area contributed by atoms with Crippen molar-refractivity contribution in [3.05, 3.63) is 54.1 Å². The summed E-state index contributed by atoms with van der Waals surface area (Å²) in [5.41, 5.74) is 9.28. The van der Waals surface area contributed by atoms with Crippen LogP contribution in [0.15, 0.2) is 53.6 Å². The minimum atomic E-state index is -0.943. The van der Waals surface area contributed by atoms with Crippen molar-refractivity contribution in [3.8, 4) is 5.75 Å². The molecule has 2 aromatic rings. The molecule has 0 radical (unpaired) electrons. The van der Waals surface area contributed by atoms with Crippen LogP contribution in [0.4, 0.5) is 11.4 Å². The molecule has 4 amide bonds. The van der Waals surface area contributed by atoms with Gasteiger partial charge in [-0.2, -0.15) is 5.10 Å². The van der Waals surface area contributed by atoms with Gasteiger partial charge in [0, 0.05) is 18.3 Å². The average molecular weight is 411 g/mol. The molecule has 0 aliphatic rings. The number of rotatable bonds is 7. The molecule has 5 N–H and O–H groups in total. The Hall–Kier alpha value is -4.21. The van der Waals surface area contributed by atoms with E-state index in [4.69, 9.17) is 10.5 Å². The van der Waals surface area contributed by atoms with E-state index in [1.165, 1.54) is 6.92 Å². The van der Waals surface area contributed by atoms with Crippen LogP contribution in [0.2, 0.25) is 0 Å². The van der Waals surface area contributed by atoms with Crippen molar-refractivity contribution in [3.63, 3.8) is 0 Å². The van der Waals surface area contributed by atoms with Gasteiger partial charge < -0.3 is 21.1 Å². The minimum Gasteiger partial charge on any atom is -0.484 e. The number of hydrazone groups is 1.